The van der Waals surface area contributed by atoms with Gasteiger partial charge < -0.3 is 5.32 Å². The highest BCUT2D eigenvalue weighted by molar-refractivity contribution is 8.00. The molecule has 1 N–H and O–H groups in total. The molecule has 2 aromatic heterocycles. The average Bonchev–Trinajstić information content (AvgIpc) is 3.31. The Morgan fingerprint density at radius 1 is 1.26 bits per heavy atom. The maximum absolute atomic E-state index is 12.7. The predicted molar refractivity (Wildman–Crippen MR) is 120 cm³/mol. The molecule has 0 bridgehead atoms. The Morgan fingerprint density at radius 3 is 2.74 bits per heavy atom. The summed E-state index contributed by atoms with van der Waals surface area (Å²) in [6, 6.07) is 3.84. The molecular formula is C21H29N5O3S2. The molecule has 1 saturated carbocycles. The number of rotatable bonds is 6. The Labute approximate surface area is 187 Å². The highest BCUT2D eigenvalue weighted by atomic mass is 32.2. The molecule has 2 aromatic rings. The van der Waals surface area contributed by atoms with Crippen molar-refractivity contribution in [1.82, 2.24) is 25.1 Å². The van der Waals surface area contributed by atoms with Crippen LogP contribution in [0.25, 0.3) is 11.4 Å². The van der Waals surface area contributed by atoms with Gasteiger partial charge in [-0.2, -0.15) is 0 Å². The number of thioether (sulfide) groups is 1. The Balaban J connectivity index is 1.56. The number of hydrogen-bond donors (Lipinski definition) is 1. The van der Waals surface area contributed by atoms with E-state index in [9.17, 15) is 13.2 Å². The van der Waals surface area contributed by atoms with Crippen molar-refractivity contribution in [2.24, 2.45) is 5.92 Å². The van der Waals surface area contributed by atoms with Gasteiger partial charge in [0, 0.05) is 30.0 Å². The number of aromatic nitrogens is 4. The summed E-state index contributed by atoms with van der Waals surface area (Å²) in [5.41, 5.74) is 0.910. The molecule has 31 heavy (non-hydrogen) atoms. The van der Waals surface area contributed by atoms with E-state index in [1.54, 1.807) is 12.4 Å². The lowest BCUT2D eigenvalue weighted by Crippen LogP contribution is -2.40. The van der Waals surface area contributed by atoms with Crippen molar-refractivity contribution in [3.05, 3.63) is 24.5 Å². The first kappa shape index (κ1) is 22.3. The Hall–Kier alpha value is -1.94. The summed E-state index contributed by atoms with van der Waals surface area (Å²) in [5, 5.41) is 12.1. The molecule has 10 heteroatoms. The van der Waals surface area contributed by atoms with E-state index >= 15 is 0 Å². The average molecular weight is 464 g/mol. The molecule has 3 heterocycles. The molecule has 8 nitrogen and oxygen atoms in total. The van der Waals surface area contributed by atoms with Gasteiger partial charge in [0.2, 0.25) is 5.91 Å². The number of sulfone groups is 1. The van der Waals surface area contributed by atoms with Crippen LogP contribution in [0.4, 0.5) is 0 Å². The number of carbonyl (C=O) groups is 1. The standard InChI is InChI=1S/C21H29N5O3S2/c1-14-6-3-4-8-18(14)26-19(16-7-5-10-22-12-16)24-25-21(26)30-15(2)20(27)23-17-9-11-31(28,29)13-17/h5,7,10,12,14-15,17-18H,3-4,6,8-9,11,13H2,1-2H3,(H,23,27)/t14-,15+,17+,18-/m1/s1. The fraction of sp³-hybridized carbons (Fsp3) is 0.619. The van der Waals surface area contributed by atoms with Crippen molar-refractivity contribution in [3.8, 4) is 11.4 Å². The van der Waals surface area contributed by atoms with Gasteiger partial charge in [0.1, 0.15) is 0 Å². The van der Waals surface area contributed by atoms with E-state index in [0.717, 1.165) is 35.8 Å². The van der Waals surface area contributed by atoms with Crippen LogP contribution in [-0.2, 0) is 14.6 Å². The number of nitrogens with one attached hydrogen (secondary N) is 1. The molecule has 4 rings (SSSR count). The highest BCUT2D eigenvalue weighted by Gasteiger charge is 2.32. The lowest BCUT2D eigenvalue weighted by molar-refractivity contribution is -0.120. The van der Waals surface area contributed by atoms with Crippen molar-refractivity contribution in [1.29, 1.82) is 0 Å². The topological polar surface area (TPSA) is 107 Å². The molecule has 1 saturated heterocycles. The molecule has 0 aromatic carbocycles. The zero-order chi connectivity index (χ0) is 22.0. The van der Waals surface area contributed by atoms with Gasteiger partial charge in [0.15, 0.2) is 20.8 Å². The number of amides is 1. The number of nitrogens with zero attached hydrogens (tertiary/aromatic N) is 4. The smallest absolute Gasteiger partial charge is 0.233 e. The third-order valence-corrected chi connectivity index (χ3v) is 9.04. The van der Waals surface area contributed by atoms with Crippen molar-refractivity contribution in [2.45, 2.75) is 68.4 Å². The molecule has 168 valence electrons. The van der Waals surface area contributed by atoms with Crippen LogP contribution in [0.5, 0.6) is 0 Å². The molecule has 0 radical (unpaired) electrons. The Kier molecular flexibility index (Phi) is 6.66. The summed E-state index contributed by atoms with van der Waals surface area (Å²) >= 11 is 1.38. The molecule has 0 spiro atoms. The van der Waals surface area contributed by atoms with Gasteiger partial charge in [-0.05, 0) is 44.2 Å². The van der Waals surface area contributed by atoms with Crippen LogP contribution in [-0.4, -0.2) is 56.9 Å². The maximum Gasteiger partial charge on any atom is 0.233 e. The van der Waals surface area contributed by atoms with Crippen LogP contribution in [0.15, 0.2) is 29.7 Å². The highest BCUT2D eigenvalue weighted by Crippen LogP contribution is 2.39. The Bertz CT molecular complexity index is 1020. The molecule has 1 aliphatic heterocycles. The third-order valence-electron chi connectivity index (χ3n) is 6.21. The second-order valence-corrected chi connectivity index (χ2v) is 12.2. The molecular weight excluding hydrogens is 434 g/mol. The van der Waals surface area contributed by atoms with Gasteiger partial charge in [-0.1, -0.05) is 31.5 Å². The molecule has 4 atom stereocenters. The number of pyridine rings is 1. The van der Waals surface area contributed by atoms with Crippen LogP contribution in [0.2, 0.25) is 0 Å². The third kappa shape index (κ3) is 5.11. The first-order chi connectivity index (χ1) is 14.8. The van der Waals surface area contributed by atoms with Gasteiger partial charge >= 0.3 is 0 Å². The number of hydrogen-bond acceptors (Lipinski definition) is 7. The summed E-state index contributed by atoms with van der Waals surface area (Å²) in [6.45, 7) is 4.10. The van der Waals surface area contributed by atoms with Gasteiger partial charge in [-0.3, -0.25) is 14.3 Å². The van der Waals surface area contributed by atoms with Crippen LogP contribution in [0, 0.1) is 5.92 Å². The van der Waals surface area contributed by atoms with Crippen LogP contribution in [0.1, 0.15) is 52.0 Å². The number of carbonyl (C=O) groups excluding carboxylic acids is 1. The first-order valence-electron chi connectivity index (χ1n) is 10.9. The van der Waals surface area contributed by atoms with E-state index in [2.05, 4.69) is 32.0 Å². The van der Waals surface area contributed by atoms with E-state index in [4.69, 9.17) is 0 Å². The monoisotopic (exact) mass is 463 g/mol. The normalized spacial score (nSPS) is 26.5. The summed E-state index contributed by atoms with van der Waals surface area (Å²) < 4.78 is 25.6. The van der Waals surface area contributed by atoms with Crippen LogP contribution >= 0.6 is 11.8 Å². The summed E-state index contributed by atoms with van der Waals surface area (Å²) in [7, 11) is -3.03. The minimum absolute atomic E-state index is 0.0249. The fourth-order valence-corrected chi connectivity index (χ4v) is 7.06. The summed E-state index contributed by atoms with van der Waals surface area (Å²) in [5.74, 6) is 1.27. The fourth-order valence-electron chi connectivity index (χ4n) is 4.47. The van der Waals surface area contributed by atoms with E-state index in [-0.39, 0.29) is 29.5 Å². The van der Waals surface area contributed by atoms with Crippen LogP contribution in [0.3, 0.4) is 0 Å². The Morgan fingerprint density at radius 2 is 2.06 bits per heavy atom. The molecule has 1 aliphatic carbocycles. The van der Waals surface area contributed by atoms with Gasteiger partial charge in [-0.25, -0.2) is 8.42 Å². The molecule has 2 fully saturated rings. The van der Waals surface area contributed by atoms with E-state index < -0.39 is 15.1 Å². The van der Waals surface area contributed by atoms with Crippen LogP contribution < -0.4 is 5.32 Å². The lowest BCUT2D eigenvalue weighted by atomic mass is 9.85. The second-order valence-electron chi connectivity index (χ2n) is 8.62. The largest absolute Gasteiger partial charge is 0.351 e. The van der Waals surface area contributed by atoms with E-state index in [1.165, 1.54) is 18.2 Å². The van der Waals surface area contributed by atoms with Crippen molar-refractivity contribution >= 4 is 27.5 Å². The summed E-state index contributed by atoms with van der Waals surface area (Å²) in [6.07, 6.45) is 8.61. The van der Waals surface area contributed by atoms with Gasteiger partial charge in [-0.15, -0.1) is 10.2 Å². The van der Waals surface area contributed by atoms with Crippen molar-refractivity contribution in [2.75, 3.05) is 11.5 Å². The lowest BCUT2D eigenvalue weighted by Gasteiger charge is -2.31. The van der Waals surface area contributed by atoms with Crippen molar-refractivity contribution < 1.29 is 13.2 Å². The maximum atomic E-state index is 12.7. The summed E-state index contributed by atoms with van der Waals surface area (Å²) in [4.78, 5) is 17.0. The first-order valence-corrected chi connectivity index (χ1v) is 13.6. The molecule has 0 unspecified atom stereocenters. The zero-order valence-electron chi connectivity index (χ0n) is 17.9. The minimum atomic E-state index is -3.03. The van der Waals surface area contributed by atoms with Gasteiger partial charge in [0.25, 0.3) is 0 Å². The van der Waals surface area contributed by atoms with E-state index in [0.29, 0.717) is 12.3 Å². The molecule has 1 amide bonds. The minimum Gasteiger partial charge on any atom is -0.351 e. The molecule has 2 aliphatic rings. The predicted octanol–water partition coefficient (Wildman–Crippen LogP) is 2.88. The quantitative estimate of drug-likeness (QED) is 0.657. The zero-order valence-corrected chi connectivity index (χ0v) is 19.5. The van der Waals surface area contributed by atoms with E-state index in [1.807, 2.05) is 19.1 Å². The van der Waals surface area contributed by atoms with Gasteiger partial charge in [0.05, 0.1) is 16.8 Å². The SMILES string of the molecule is C[C@H](Sc1nnc(-c2cccnc2)n1[C@@H]1CCCC[C@H]1C)C(=O)N[C@H]1CCS(=O)(=O)C1. The van der Waals surface area contributed by atoms with Crippen molar-refractivity contribution in [3.63, 3.8) is 0 Å². The second kappa shape index (κ2) is 9.28.